The van der Waals surface area contributed by atoms with Crippen LogP contribution in [0.25, 0.3) is 17.0 Å². The van der Waals surface area contributed by atoms with Crippen molar-refractivity contribution in [3.05, 3.63) is 65.4 Å². The highest BCUT2D eigenvalue weighted by atomic mass is 16.5. The number of imidazole rings is 1. The van der Waals surface area contributed by atoms with Gasteiger partial charge in [-0.25, -0.2) is 4.98 Å². The lowest BCUT2D eigenvalue weighted by Crippen LogP contribution is -2.40. The second kappa shape index (κ2) is 9.81. The Labute approximate surface area is 208 Å². The van der Waals surface area contributed by atoms with Crippen LogP contribution >= 0.6 is 0 Å². The van der Waals surface area contributed by atoms with Gasteiger partial charge in [0.25, 0.3) is 5.91 Å². The van der Waals surface area contributed by atoms with Crippen LogP contribution in [0.15, 0.2) is 47.2 Å². The first kappa shape index (κ1) is 22.8. The number of fused-ring (bicyclic) bond motifs is 1. The van der Waals surface area contributed by atoms with Crippen LogP contribution in [0.5, 0.6) is 0 Å². The molecule has 6 rings (SSSR count). The number of carbonyl (C=O) groups excluding carboxylic acids is 1. The third-order valence-corrected chi connectivity index (χ3v) is 6.94. The number of nitrogens with zero attached hydrogens (tertiary/aromatic N) is 5. The zero-order valence-corrected chi connectivity index (χ0v) is 20.2. The number of benzene rings is 1. The molecular formula is C26H29N7O3. The molecule has 2 aliphatic rings. The molecule has 0 aliphatic carbocycles. The van der Waals surface area contributed by atoms with Crippen LogP contribution in [0.2, 0.25) is 0 Å². The molecule has 0 saturated carbocycles. The van der Waals surface area contributed by atoms with Gasteiger partial charge >= 0.3 is 0 Å². The fourth-order valence-electron chi connectivity index (χ4n) is 4.52. The maximum Gasteiger partial charge on any atom is 0.274 e. The van der Waals surface area contributed by atoms with Crippen LogP contribution in [0.1, 0.15) is 33.4 Å². The number of amides is 1. The first-order valence-electron chi connectivity index (χ1n) is 12.4. The quantitative estimate of drug-likeness (QED) is 0.409. The highest BCUT2D eigenvalue weighted by Gasteiger charge is 2.25. The van der Waals surface area contributed by atoms with Gasteiger partial charge in [0.2, 0.25) is 11.7 Å². The lowest BCUT2D eigenvalue weighted by Gasteiger charge is -2.26. The predicted octanol–water partition coefficient (Wildman–Crippen LogP) is 2.51. The summed E-state index contributed by atoms with van der Waals surface area (Å²) in [5.74, 6) is 1.21. The SMILES string of the molecule is Cc1ccc(-c2noc(C3CNC3)n2)cc1NC(=O)c1cnc2ccc(CCN3CCOCC3)cn12. The average molecular weight is 488 g/mol. The first-order chi connectivity index (χ1) is 17.6. The standard InChI is InChI=1S/C26H29N7O3/c1-17-2-4-19(24-30-26(36-31-24)20-13-27-14-20)12-21(17)29-25(34)22-15-28-23-5-3-18(16-33(22)23)6-7-32-8-10-35-11-9-32/h2-5,12,15-16,20,27H,6-11,13-14H2,1H3,(H,29,34). The molecule has 186 valence electrons. The molecule has 0 spiro atoms. The molecule has 4 aromatic rings. The number of nitrogens with one attached hydrogen (secondary N) is 2. The zero-order chi connectivity index (χ0) is 24.5. The molecule has 0 bridgehead atoms. The molecule has 3 aromatic heterocycles. The van der Waals surface area contributed by atoms with Crippen molar-refractivity contribution in [2.24, 2.45) is 0 Å². The minimum absolute atomic E-state index is 0.220. The van der Waals surface area contributed by atoms with Gasteiger partial charge in [-0.3, -0.25) is 14.1 Å². The number of aromatic nitrogens is 4. The normalized spacial score (nSPS) is 16.8. The Hall–Kier alpha value is -3.60. The Morgan fingerprint density at radius 1 is 1.19 bits per heavy atom. The van der Waals surface area contributed by atoms with E-state index >= 15 is 0 Å². The Bertz CT molecular complexity index is 1390. The van der Waals surface area contributed by atoms with E-state index in [1.807, 2.05) is 41.8 Å². The second-order valence-electron chi connectivity index (χ2n) is 9.41. The zero-order valence-electron chi connectivity index (χ0n) is 20.2. The summed E-state index contributed by atoms with van der Waals surface area (Å²) in [6.07, 6.45) is 4.53. The molecule has 36 heavy (non-hydrogen) atoms. The van der Waals surface area contributed by atoms with Crippen LogP contribution in [-0.4, -0.2) is 76.3 Å². The van der Waals surface area contributed by atoms with E-state index in [1.54, 1.807) is 6.20 Å². The number of ether oxygens (including phenoxy) is 1. The molecule has 1 aromatic carbocycles. The van der Waals surface area contributed by atoms with Crippen molar-refractivity contribution in [2.45, 2.75) is 19.3 Å². The van der Waals surface area contributed by atoms with Crippen molar-refractivity contribution in [2.75, 3.05) is 51.3 Å². The molecule has 10 heteroatoms. The van der Waals surface area contributed by atoms with Crippen molar-refractivity contribution < 1.29 is 14.1 Å². The minimum Gasteiger partial charge on any atom is -0.379 e. The summed E-state index contributed by atoms with van der Waals surface area (Å²) in [4.78, 5) is 24.7. The van der Waals surface area contributed by atoms with E-state index in [0.29, 0.717) is 23.1 Å². The summed E-state index contributed by atoms with van der Waals surface area (Å²) in [7, 11) is 0. The summed E-state index contributed by atoms with van der Waals surface area (Å²) in [5, 5.41) is 10.4. The van der Waals surface area contributed by atoms with Crippen molar-refractivity contribution in [1.82, 2.24) is 29.7 Å². The topological polar surface area (TPSA) is 110 Å². The van der Waals surface area contributed by atoms with Crippen LogP contribution in [-0.2, 0) is 11.2 Å². The number of aryl methyl sites for hydroxylation is 1. The number of hydrogen-bond acceptors (Lipinski definition) is 8. The van der Waals surface area contributed by atoms with Gasteiger partial charge in [0.1, 0.15) is 11.3 Å². The Morgan fingerprint density at radius 3 is 2.86 bits per heavy atom. The van der Waals surface area contributed by atoms with Gasteiger partial charge in [-0.1, -0.05) is 23.4 Å². The van der Waals surface area contributed by atoms with Crippen molar-refractivity contribution >= 4 is 17.2 Å². The third-order valence-electron chi connectivity index (χ3n) is 6.94. The van der Waals surface area contributed by atoms with Gasteiger partial charge in [-0.15, -0.1) is 0 Å². The lowest BCUT2D eigenvalue weighted by molar-refractivity contribution is 0.0384. The van der Waals surface area contributed by atoms with Gasteiger partial charge in [0, 0.05) is 50.2 Å². The van der Waals surface area contributed by atoms with Crippen molar-refractivity contribution in [3.8, 4) is 11.4 Å². The summed E-state index contributed by atoms with van der Waals surface area (Å²) in [6.45, 7) is 8.13. The minimum atomic E-state index is -0.220. The van der Waals surface area contributed by atoms with Crippen LogP contribution in [0, 0.1) is 6.92 Å². The van der Waals surface area contributed by atoms with Gasteiger partial charge in [-0.05, 0) is 36.6 Å². The van der Waals surface area contributed by atoms with Gasteiger partial charge < -0.3 is 19.9 Å². The fraction of sp³-hybridized carbons (Fsp3) is 0.385. The third kappa shape index (κ3) is 4.62. The molecule has 0 unspecified atom stereocenters. The fourth-order valence-corrected chi connectivity index (χ4v) is 4.52. The molecule has 2 N–H and O–H groups in total. The number of carbonyl (C=O) groups is 1. The molecule has 0 atom stereocenters. The molecule has 1 amide bonds. The number of pyridine rings is 1. The number of rotatable bonds is 7. The van der Waals surface area contributed by atoms with Crippen molar-refractivity contribution in [3.63, 3.8) is 0 Å². The highest BCUT2D eigenvalue weighted by molar-refractivity contribution is 6.04. The van der Waals surface area contributed by atoms with E-state index in [9.17, 15) is 4.79 Å². The summed E-state index contributed by atoms with van der Waals surface area (Å²) in [5.41, 5.74) is 4.83. The Kier molecular flexibility index (Phi) is 6.22. The van der Waals surface area contributed by atoms with E-state index in [0.717, 1.165) is 74.7 Å². The number of hydrogen-bond donors (Lipinski definition) is 2. The molecule has 0 radical (unpaired) electrons. The number of anilines is 1. The maximum atomic E-state index is 13.3. The van der Waals surface area contributed by atoms with Gasteiger partial charge in [0.15, 0.2) is 0 Å². The van der Waals surface area contributed by atoms with E-state index < -0.39 is 0 Å². The van der Waals surface area contributed by atoms with E-state index in [4.69, 9.17) is 9.26 Å². The smallest absolute Gasteiger partial charge is 0.274 e. The van der Waals surface area contributed by atoms with Crippen molar-refractivity contribution in [1.29, 1.82) is 0 Å². The molecule has 10 nitrogen and oxygen atoms in total. The Morgan fingerprint density at radius 2 is 2.06 bits per heavy atom. The Balaban J connectivity index is 1.19. The summed E-state index contributed by atoms with van der Waals surface area (Å²) >= 11 is 0. The molecule has 2 aliphatic heterocycles. The monoisotopic (exact) mass is 487 g/mol. The predicted molar refractivity (Wildman–Crippen MR) is 134 cm³/mol. The van der Waals surface area contributed by atoms with Crippen LogP contribution < -0.4 is 10.6 Å². The van der Waals surface area contributed by atoms with E-state index in [1.165, 1.54) is 0 Å². The molecule has 2 fully saturated rings. The number of morpholine rings is 1. The van der Waals surface area contributed by atoms with E-state index in [2.05, 4.69) is 36.7 Å². The van der Waals surface area contributed by atoms with Gasteiger partial charge in [-0.2, -0.15) is 4.98 Å². The first-order valence-corrected chi connectivity index (χ1v) is 12.4. The van der Waals surface area contributed by atoms with E-state index in [-0.39, 0.29) is 11.8 Å². The average Bonchev–Trinajstić information content (AvgIpc) is 3.51. The molecule has 5 heterocycles. The maximum absolute atomic E-state index is 13.3. The van der Waals surface area contributed by atoms with Crippen LogP contribution in [0.3, 0.4) is 0 Å². The van der Waals surface area contributed by atoms with Gasteiger partial charge in [0.05, 0.1) is 25.3 Å². The largest absolute Gasteiger partial charge is 0.379 e. The second-order valence-corrected chi connectivity index (χ2v) is 9.41. The van der Waals surface area contributed by atoms with Crippen LogP contribution in [0.4, 0.5) is 5.69 Å². The summed E-state index contributed by atoms with van der Waals surface area (Å²) in [6, 6.07) is 9.81. The molecule has 2 saturated heterocycles. The molecular weight excluding hydrogens is 458 g/mol. The lowest BCUT2D eigenvalue weighted by atomic mass is 10.0. The summed E-state index contributed by atoms with van der Waals surface area (Å²) < 4.78 is 12.7. The highest BCUT2D eigenvalue weighted by Crippen LogP contribution is 2.26.